The fraction of sp³-hybridized carbons (Fsp3) is 0.500. The molecule has 3 heterocycles. The Morgan fingerprint density at radius 2 is 2.14 bits per heavy atom. The number of hydrogen-bond acceptors (Lipinski definition) is 5. The predicted octanol–water partition coefficient (Wildman–Crippen LogP) is 3.32. The summed E-state index contributed by atoms with van der Waals surface area (Å²) in [4.78, 5) is 15.0. The molecule has 2 aromatic heterocycles. The van der Waals surface area contributed by atoms with E-state index in [1.807, 2.05) is 28.5 Å². The number of likely N-dealkylation sites (tertiary alicyclic amines) is 1. The fourth-order valence-electron chi connectivity index (χ4n) is 2.57. The molecule has 118 valence electrons. The van der Waals surface area contributed by atoms with Gasteiger partial charge in [0.15, 0.2) is 5.76 Å². The van der Waals surface area contributed by atoms with Gasteiger partial charge in [0.1, 0.15) is 12.3 Å². The number of aromatic nitrogens is 1. The van der Waals surface area contributed by atoms with Gasteiger partial charge in [0.05, 0.1) is 11.5 Å². The molecule has 0 radical (unpaired) electrons. The number of carbonyl (C=O) groups excluding carboxylic acids is 1. The van der Waals surface area contributed by atoms with Crippen LogP contribution < -0.4 is 0 Å². The molecule has 5 nitrogen and oxygen atoms in total. The lowest BCUT2D eigenvalue weighted by Crippen LogP contribution is -2.34. The Hall–Kier alpha value is -1.66. The zero-order chi connectivity index (χ0) is 15.2. The van der Waals surface area contributed by atoms with E-state index >= 15 is 0 Å². The predicted molar refractivity (Wildman–Crippen MR) is 84.5 cm³/mol. The molecule has 0 aliphatic carbocycles. The molecule has 0 saturated carbocycles. The highest BCUT2D eigenvalue weighted by molar-refractivity contribution is 7.13. The number of thiophene rings is 1. The van der Waals surface area contributed by atoms with Crippen LogP contribution in [0.4, 0.5) is 0 Å². The molecule has 0 aromatic carbocycles. The lowest BCUT2D eigenvalue weighted by molar-refractivity contribution is -0.136. The number of nitrogens with zero attached hydrogens (tertiary/aromatic N) is 2. The summed E-state index contributed by atoms with van der Waals surface area (Å²) in [6.07, 6.45) is 4.63. The lowest BCUT2D eigenvalue weighted by atomic mass is 10.2. The quantitative estimate of drug-likeness (QED) is 0.848. The van der Waals surface area contributed by atoms with E-state index in [0.717, 1.165) is 36.6 Å². The first-order valence-electron chi connectivity index (χ1n) is 7.68. The number of amides is 1. The van der Waals surface area contributed by atoms with Gasteiger partial charge >= 0.3 is 0 Å². The maximum absolute atomic E-state index is 12.1. The smallest absolute Gasteiger partial charge is 0.248 e. The molecule has 1 fully saturated rings. The van der Waals surface area contributed by atoms with Crippen LogP contribution in [0.2, 0.25) is 0 Å². The maximum Gasteiger partial charge on any atom is 0.248 e. The molecular weight excluding hydrogens is 300 g/mol. The van der Waals surface area contributed by atoms with Crippen LogP contribution in [0, 0.1) is 0 Å². The van der Waals surface area contributed by atoms with Gasteiger partial charge < -0.3 is 14.2 Å². The largest absolute Gasteiger partial charge is 0.365 e. The topological polar surface area (TPSA) is 55.6 Å². The molecule has 2 aromatic rings. The molecule has 1 saturated heterocycles. The highest BCUT2D eigenvalue weighted by atomic mass is 32.1. The second-order valence-corrected chi connectivity index (χ2v) is 6.40. The second kappa shape index (κ2) is 7.56. The van der Waals surface area contributed by atoms with Crippen LogP contribution in [0.3, 0.4) is 0 Å². The van der Waals surface area contributed by atoms with E-state index in [1.54, 1.807) is 11.3 Å². The van der Waals surface area contributed by atoms with Crippen LogP contribution in [0.25, 0.3) is 10.6 Å². The van der Waals surface area contributed by atoms with Gasteiger partial charge in [0.2, 0.25) is 5.91 Å². The molecule has 0 spiro atoms. The lowest BCUT2D eigenvalue weighted by Gasteiger charge is -2.19. The van der Waals surface area contributed by atoms with Crippen molar-refractivity contribution in [3.8, 4) is 10.6 Å². The van der Waals surface area contributed by atoms with Crippen molar-refractivity contribution in [1.82, 2.24) is 10.1 Å². The Labute approximate surface area is 133 Å². The summed E-state index contributed by atoms with van der Waals surface area (Å²) in [6, 6.07) is 5.82. The zero-order valence-corrected chi connectivity index (χ0v) is 13.3. The van der Waals surface area contributed by atoms with Gasteiger partial charge in [-0.1, -0.05) is 24.1 Å². The van der Waals surface area contributed by atoms with Crippen LogP contribution in [-0.4, -0.2) is 35.7 Å². The summed E-state index contributed by atoms with van der Waals surface area (Å²) in [5.41, 5.74) is 0.715. The van der Waals surface area contributed by atoms with Crippen molar-refractivity contribution >= 4 is 17.2 Å². The van der Waals surface area contributed by atoms with Gasteiger partial charge in [0.25, 0.3) is 0 Å². The third-order valence-electron chi connectivity index (χ3n) is 3.76. The van der Waals surface area contributed by atoms with E-state index in [4.69, 9.17) is 9.26 Å². The molecular formula is C16H20N2O3S. The van der Waals surface area contributed by atoms with Crippen LogP contribution in [-0.2, 0) is 16.1 Å². The monoisotopic (exact) mass is 320 g/mol. The summed E-state index contributed by atoms with van der Waals surface area (Å²) in [5.74, 6) is 0.816. The van der Waals surface area contributed by atoms with Crippen molar-refractivity contribution in [3.63, 3.8) is 0 Å². The molecule has 0 bridgehead atoms. The minimum Gasteiger partial charge on any atom is -0.365 e. The average molecular weight is 320 g/mol. The third-order valence-corrected chi connectivity index (χ3v) is 4.64. The second-order valence-electron chi connectivity index (χ2n) is 5.45. The molecule has 6 heteroatoms. The highest BCUT2D eigenvalue weighted by Gasteiger charge is 2.16. The molecule has 0 atom stereocenters. The summed E-state index contributed by atoms with van der Waals surface area (Å²) < 4.78 is 10.8. The Balaban J connectivity index is 1.45. The number of hydrogen-bond donors (Lipinski definition) is 0. The van der Waals surface area contributed by atoms with Gasteiger partial charge in [-0.3, -0.25) is 4.79 Å². The molecule has 1 aliphatic heterocycles. The number of ether oxygens (including phenoxy) is 1. The Morgan fingerprint density at radius 3 is 2.86 bits per heavy atom. The number of carbonyl (C=O) groups is 1. The summed E-state index contributed by atoms with van der Waals surface area (Å²) in [7, 11) is 0. The van der Waals surface area contributed by atoms with E-state index in [1.165, 1.54) is 12.8 Å². The Bertz CT molecular complexity index is 586. The van der Waals surface area contributed by atoms with Gasteiger partial charge in [-0.05, 0) is 24.3 Å². The average Bonchev–Trinajstić information content (AvgIpc) is 3.13. The minimum absolute atomic E-state index is 0.0730. The van der Waals surface area contributed by atoms with Crippen molar-refractivity contribution in [2.45, 2.75) is 32.3 Å². The zero-order valence-electron chi connectivity index (χ0n) is 12.5. The Kier molecular flexibility index (Phi) is 5.24. The SMILES string of the molecule is O=C(COCc1cc(-c2cccs2)on1)N1CCCCCC1. The van der Waals surface area contributed by atoms with Crippen molar-refractivity contribution in [2.75, 3.05) is 19.7 Å². The van der Waals surface area contributed by atoms with Crippen molar-refractivity contribution in [2.24, 2.45) is 0 Å². The van der Waals surface area contributed by atoms with Crippen LogP contribution in [0.15, 0.2) is 28.1 Å². The Morgan fingerprint density at radius 1 is 1.32 bits per heavy atom. The first-order chi connectivity index (χ1) is 10.8. The van der Waals surface area contributed by atoms with Crippen molar-refractivity contribution in [3.05, 3.63) is 29.3 Å². The normalized spacial score (nSPS) is 15.7. The molecule has 0 unspecified atom stereocenters. The van der Waals surface area contributed by atoms with Gasteiger partial charge in [0, 0.05) is 19.2 Å². The van der Waals surface area contributed by atoms with Crippen LogP contribution in [0.5, 0.6) is 0 Å². The van der Waals surface area contributed by atoms with E-state index < -0.39 is 0 Å². The van der Waals surface area contributed by atoms with Gasteiger partial charge in [-0.15, -0.1) is 11.3 Å². The van der Waals surface area contributed by atoms with Crippen molar-refractivity contribution in [1.29, 1.82) is 0 Å². The minimum atomic E-state index is 0.0730. The molecule has 1 aliphatic rings. The molecule has 1 amide bonds. The standard InChI is InChI=1S/C16H20N2O3S/c19-16(18-7-3-1-2-4-8-18)12-20-11-13-10-14(21-17-13)15-6-5-9-22-15/h5-6,9-10H,1-4,7-8,11-12H2. The first-order valence-corrected chi connectivity index (χ1v) is 8.56. The third kappa shape index (κ3) is 3.96. The molecule has 3 rings (SSSR count). The van der Waals surface area contributed by atoms with E-state index in [2.05, 4.69) is 5.16 Å². The fourth-order valence-corrected chi connectivity index (χ4v) is 3.24. The summed E-state index contributed by atoms with van der Waals surface area (Å²) in [6.45, 7) is 2.12. The molecule has 22 heavy (non-hydrogen) atoms. The highest BCUT2D eigenvalue weighted by Crippen LogP contribution is 2.25. The van der Waals surface area contributed by atoms with E-state index in [-0.39, 0.29) is 12.5 Å². The van der Waals surface area contributed by atoms with Gasteiger partial charge in [-0.2, -0.15) is 0 Å². The summed E-state index contributed by atoms with van der Waals surface area (Å²) >= 11 is 1.60. The van der Waals surface area contributed by atoms with Gasteiger partial charge in [-0.25, -0.2) is 0 Å². The summed E-state index contributed by atoms with van der Waals surface area (Å²) in [5, 5.41) is 5.97. The van der Waals surface area contributed by atoms with Crippen LogP contribution >= 0.6 is 11.3 Å². The first kappa shape index (κ1) is 15.2. The van der Waals surface area contributed by atoms with Crippen LogP contribution in [0.1, 0.15) is 31.4 Å². The molecule has 0 N–H and O–H groups in total. The maximum atomic E-state index is 12.1. The van der Waals surface area contributed by atoms with E-state index in [9.17, 15) is 4.79 Å². The van der Waals surface area contributed by atoms with Crippen molar-refractivity contribution < 1.29 is 14.1 Å². The van der Waals surface area contributed by atoms with E-state index in [0.29, 0.717) is 12.3 Å². The number of rotatable bonds is 5.